The Kier molecular flexibility index (Phi) is 12.5. The first-order valence-corrected chi connectivity index (χ1v) is 25.7. The molecule has 68 heavy (non-hydrogen) atoms. The lowest BCUT2D eigenvalue weighted by molar-refractivity contribution is -0.142. The molecule has 356 valence electrons. The number of hydrogen-bond acceptors (Lipinski definition) is 14. The number of para-hydroxylation sites is 2. The molecular formula is C50H57F3N12OS2. The van der Waals surface area contributed by atoms with E-state index in [2.05, 4.69) is 89.5 Å². The van der Waals surface area contributed by atoms with Crippen LogP contribution in [0.1, 0.15) is 79.9 Å². The smallest absolute Gasteiger partial charge is 0.408 e. The highest BCUT2D eigenvalue weighted by Gasteiger charge is 2.36. The van der Waals surface area contributed by atoms with Crippen LogP contribution in [-0.4, -0.2) is 110 Å². The summed E-state index contributed by atoms with van der Waals surface area (Å²) in [5, 5.41) is 9.14. The minimum atomic E-state index is -4.37. The lowest BCUT2D eigenvalue weighted by Crippen LogP contribution is -2.55. The van der Waals surface area contributed by atoms with E-state index in [9.17, 15) is 13.2 Å². The van der Waals surface area contributed by atoms with Crippen molar-refractivity contribution in [2.45, 2.75) is 101 Å². The van der Waals surface area contributed by atoms with Gasteiger partial charge in [-0.1, -0.05) is 12.1 Å². The number of rotatable bonds is 10. The van der Waals surface area contributed by atoms with E-state index in [1.54, 1.807) is 17.7 Å². The molecule has 2 aliphatic carbocycles. The number of hydrogen-bond donors (Lipinski definition) is 3. The summed E-state index contributed by atoms with van der Waals surface area (Å²) in [6.45, 7) is 8.38. The summed E-state index contributed by atoms with van der Waals surface area (Å²) in [5.41, 5.74) is 17.5. The molecule has 0 unspecified atom stereocenters. The van der Waals surface area contributed by atoms with E-state index >= 15 is 0 Å². The van der Waals surface area contributed by atoms with Gasteiger partial charge in [0, 0.05) is 90.3 Å². The van der Waals surface area contributed by atoms with E-state index in [0.717, 1.165) is 143 Å². The van der Waals surface area contributed by atoms with Gasteiger partial charge in [-0.15, -0.1) is 22.7 Å². The molecule has 2 aromatic carbocycles. The number of piperazine rings is 2. The number of benzene rings is 2. The molecule has 5 N–H and O–H groups in total. The van der Waals surface area contributed by atoms with Gasteiger partial charge in [-0.05, 0) is 112 Å². The molecule has 4 fully saturated rings. The number of thiophene rings is 2. The molecule has 4 aliphatic rings. The van der Waals surface area contributed by atoms with Gasteiger partial charge in [0.25, 0.3) is 0 Å². The van der Waals surface area contributed by atoms with E-state index < -0.39 is 12.7 Å². The van der Waals surface area contributed by atoms with Crippen molar-refractivity contribution in [2.75, 3.05) is 62.2 Å². The van der Waals surface area contributed by atoms with Gasteiger partial charge in [0.05, 0.1) is 38.6 Å². The zero-order valence-corrected chi connectivity index (χ0v) is 39.8. The van der Waals surface area contributed by atoms with Crippen LogP contribution in [0.3, 0.4) is 0 Å². The Bertz CT molecular complexity index is 2880. The predicted octanol–water partition coefficient (Wildman–Crippen LogP) is 9.91. The first kappa shape index (κ1) is 45.1. The molecule has 7 heterocycles. The fourth-order valence-corrected chi connectivity index (χ4v) is 14.3. The maximum absolute atomic E-state index is 13.1. The molecule has 5 aromatic heterocycles. The number of anilines is 3. The number of nitrogen functional groups attached to an aromatic ring is 2. The lowest BCUT2D eigenvalue weighted by atomic mass is 9.83. The van der Waals surface area contributed by atoms with Gasteiger partial charge in [0.1, 0.15) is 36.6 Å². The van der Waals surface area contributed by atoms with Crippen molar-refractivity contribution < 1.29 is 17.9 Å². The third-order valence-electron chi connectivity index (χ3n) is 14.8. The van der Waals surface area contributed by atoms with E-state index in [0.29, 0.717) is 40.6 Å². The van der Waals surface area contributed by atoms with Gasteiger partial charge >= 0.3 is 6.18 Å². The largest absolute Gasteiger partial charge is 0.455 e. The van der Waals surface area contributed by atoms with Crippen LogP contribution in [0.15, 0.2) is 73.6 Å². The number of alkyl halides is 3. The predicted molar refractivity (Wildman–Crippen MR) is 266 cm³/mol. The fourth-order valence-electron chi connectivity index (χ4n) is 11.5. The van der Waals surface area contributed by atoms with Crippen LogP contribution in [0.5, 0.6) is 11.5 Å². The van der Waals surface area contributed by atoms with Gasteiger partial charge in [0.2, 0.25) is 0 Å². The van der Waals surface area contributed by atoms with Crippen LogP contribution in [-0.2, 0) is 6.54 Å². The van der Waals surface area contributed by atoms with Crippen LogP contribution >= 0.6 is 22.7 Å². The first-order valence-electron chi connectivity index (χ1n) is 24.0. The lowest BCUT2D eigenvalue weighted by Gasteiger charge is -2.46. The van der Waals surface area contributed by atoms with Crippen molar-refractivity contribution in [2.24, 2.45) is 0 Å². The summed E-state index contributed by atoms with van der Waals surface area (Å²) in [5.74, 6) is 3.21. The number of aromatic nitrogens is 6. The van der Waals surface area contributed by atoms with Gasteiger partial charge in [-0.3, -0.25) is 14.5 Å². The monoisotopic (exact) mass is 962 g/mol. The number of fused-ring (bicyclic) bond motifs is 2. The summed E-state index contributed by atoms with van der Waals surface area (Å²) in [6.07, 6.45) is 10.5. The summed E-state index contributed by atoms with van der Waals surface area (Å²) in [7, 11) is 0. The van der Waals surface area contributed by atoms with Gasteiger partial charge in [-0.2, -0.15) is 18.3 Å². The van der Waals surface area contributed by atoms with Crippen LogP contribution in [0.4, 0.5) is 30.5 Å². The topological polar surface area (TPSA) is 152 Å². The molecule has 0 amide bonds. The zero-order valence-electron chi connectivity index (χ0n) is 38.2. The first-order chi connectivity index (χ1) is 33.0. The Hall–Kier alpha value is -5.40. The third-order valence-corrected chi connectivity index (χ3v) is 17.6. The molecule has 0 radical (unpaired) electrons. The summed E-state index contributed by atoms with van der Waals surface area (Å²) < 4.78 is 47.0. The van der Waals surface area contributed by atoms with Crippen molar-refractivity contribution >= 4 is 61.8 Å². The molecule has 0 bridgehead atoms. The summed E-state index contributed by atoms with van der Waals surface area (Å²) in [4.78, 5) is 30.3. The van der Waals surface area contributed by atoms with Crippen molar-refractivity contribution in [3.63, 3.8) is 0 Å². The second-order valence-corrected chi connectivity index (χ2v) is 21.1. The molecule has 18 heteroatoms. The molecule has 2 saturated heterocycles. The zero-order chi connectivity index (χ0) is 46.5. The summed E-state index contributed by atoms with van der Waals surface area (Å²) >= 11 is 3.40. The Morgan fingerprint density at radius 2 is 1.29 bits per heavy atom. The minimum Gasteiger partial charge on any atom is -0.455 e. The highest BCUT2D eigenvalue weighted by molar-refractivity contribution is 7.18. The van der Waals surface area contributed by atoms with E-state index in [-0.39, 0.29) is 12.0 Å². The molecule has 7 aromatic rings. The maximum Gasteiger partial charge on any atom is 0.408 e. The molecule has 1 atom stereocenters. The van der Waals surface area contributed by atoms with E-state index in [1.807, 2.05) is 17.4 Å². The number of nitrogens with zero attached hydrogens (tertiary/aromatic N) is 9. The Morgan fingerprint density at radius 3 is 1.90 bits per heavy atom. The Balaban J connectivity index is 0.737. The second-order valence-electron chi connectivity index (χ2n) is 19.0. The normalized spacial score (nSPS) is 23.4. The van der Waals surface area contributed by atoms with E-state index in [4.69, 9.17) is 21.2 Å². The molecule has 2 saturated carbocycles. The Labute approximate surface area is 401 Å². The average Bonchev–Trinajstić information content (AvgIpc) is 4.09. The van der Waals surface area contributed by atoms with Gasteiger partial charge in [0.15, 0.2) is 5.75 Å². The number of nitrogens with one attached hydrogen (secondary N) is 1. The molecule has 13 nitrogen and oxygen atoms in total. The van der Waals surface area contributed by atoms with Crippen molar-refractivity contribution in [3.8, 4) is 32.4 Å². The summed E-state index contributed by atoms with van der Waals surface area (Å²) in [6, 6.07) is 18.1. The number of ether oxygens (including phenoxy) is 1. The highest BCUT2D eigenvalue weighted by atomic mass is 32.1. The minimum absolute atomic E-state index is 0.265. The maximum atomic E-state index is 13.1. The Morgan fingerprint density at radius 1 is 0.706 bits per heavy atom. The average molecular weight is 963 g/mol. The quantitative estimate of drug-likeness (QED) is 0.120. The SMILES string of the molecule is C[C@@H]1CN(C2CCC(c3sc(-c4cnn(CC(F)(F)F)c4)c4c(N)ncnc34)CC2)CCN1c1ccccc1Oc1ccc(-c2sc(C3CCC(N4CCNCC4)CC3)c3ncnc(N)c23)cc1. The molecule has 2 aliphatic heterocycles. The van der Waals surface area contributed by atoms with Crippen LogP contribution < -0.4 is 26.4 Å². The fraction of sp³-hybridized carbons (Fsp3) is 0.460. The number of halogens is 3. The van der Waals surface area contributed by atoms with Gasteiger partial charge in [-0.25, -0.2) is 19.9 Å². The van der Waals surface area contributed by atoms with Crippen molar-refractivity contribution in [1.29, 1.82) is 0 Å². The molecule has 11 rings (SSSR count). The highest BCUT2D eigenvalue weighted by Crippen LogP contribution is 2.49. The van der Waals surface area contributed by atoms with Crippen LogP contribution in [0.2, 0.25) is 0 Å². The molecule has 0 spiro atoms. The van der Waals surface area contributed by atoms with Crippen molar-refractivity contribution in [1.82, 2.24) is 44.8 Å². The second kappa shape index (κ2) is 18.8. The van der Waals surface area contributed by atoms with Crippen LogP contribution in [0, 0.1) is 0 Å². The number of nitrogens with two attached hydrogens (primary N) is 2. The van der Waals surface area contributed by atoms with Crippen molar-refractivity contribution in [3.05, 3.63) is 83.3 Å². The third kappa shape index (κ3) is 9.01. The van der Waals surface area contributed by atoms with Gasteiger partial charge < -0.3 is 26.4 Å². The van der Waals surface area contributed by atoms with Crippen LogP contribution in [0.25, 0.3) is 42.7 Å². The molecular weight excluding hydrogens is 906 g/mol. The standard InChI is InChI=1S/C50H57F3N12OS2/c1-30-25-63(36-14-8-33(9-15-36)47-43-41(49(55)60-29-58-43)45(68-47)34-24-61-64(26-34)27-50(51,52)53)22-23-65(30)38-4-2-3-5-39(38)66-37-16-10-31(11-17-37)44-40-42(57-28-59-48(40)54)46(67-44)32-6-12-35(13-7-32)62-20-18-56-19-21-62/h2-5,10-11,16-17,24,26,28-30,32-33,35-36,56H,6-9,12-15,18-23,25,27H2,1H3,(H2,54,57,59)(H2,55,58,60)/t30-,32?,33?,35?,36?/m1/s1. The van der Waals surface area contributed by atoms with E-state index in [1.165, 1.54) is 36.4 Å².